The minimum absolute atomic E-state index is 0.467. The molecule has 1 saturated carbocycles. The Balaban J connectivity index is 2.02. The topological polar surface area (TPSA) is 30.7 Å². The van der Waals surface area contributed by atoms with Gasteiger partial charge in [-0.05, 0) is 36.5 Å². The first-order valence-corrected chi connectivity index (χ1v) is 6.35. The molecular formula is C12H14BrN3. The molecule has 0 aliphatic heterocycles. The Hall–Kier alpha value is -0.900. The summed E-state index contributed by atoms with van der Waals surface area (Å²) in [6.45, 7) is 4.61. The summed E-state index contributed by atoms with van der Waals surface area (Å²) in [7, 11) is 0. The van der Waals surface area contributed by atoms with Gasteiger partial charge in [0.2, 0.25) is 0 Å². The fourth-order valence-electron chi connectivity index (χ4n) is 2.57. The number of benzene rings is 1. The van der Waals surface area contributed by atoms with Gasteiger partial charge in [-0.25, -0.2) is 4.68 Å². The molecule has 1 aliphatic carbocycles. The number of aromatic nitrogens is 3. The monoisotopic (exact) mass is 279 g/mol. The number of rotatable bonds is 1. The molecular weight excluding hydrogens is 266 g/mol. The largest absolute Gasteiger partial charge is 0.242 e. The van der Waals surface area contributed by atoms with Crippen molar-refractivity contribution >= 4 is 27.0 Å². The van der Waals surface area contributed by atoms with Crippen LogP contribution in [0.2, 0.25) is 0 Å². The molecule has 0 N–H and O–H groups in total. The normalized spacial score (nSPS) is 19.9. The van der Waals surface area contributed by atoms with E-state index in [2.05, 4.69) is 50.8 Å². The minimum Gasteiger partial charge on any atom is -0.242 e. The number of fused-ring (bicyclic) bond motifs is 1. The van der Waals surface area contributed by atoms with E-state index in [0.717, 1.165) is 15.5 Å². The maximum Gasteiger partial charge on any atom is 0.113 e. The molecule has 4 heteroatoms. The van der Waals surface area contributed by atoms with E-state index in [0.29, 0.717) is 11.5 Å². The van der Waals surface area contributed by atoms with Gasteiger partial charge in [0.05, 0.1) is 11.6 Å². The smallest absolute Gasteiger partial charge is 0.113 e. The summed E-state index contributed by atoms with van der Waals surface area (Å²) in [6, 6.07) is 6.63. The third-order valence-corrected chi connectivity index (χ3v) is 3.85. The number of hydrogen-bond acceptors (Lipinski definition) is 2. The van der Waals surface area contributed by atoms with Crippen LogP contribution in [-0.4, -0.2) is 15.0 Å². The van der Waals surface area contributed by atoms with E-state index in [1.165, 1.54) is 12.8 Å². The number of nitrogens with zero attached hydrogens (tertiary/aromatic N) is 3. The van der Waals surface area contributed by atoms with Gasteiger partial charge in [0, 0.05) is 4.47 Å². The number of hydrogen-bond donors (Lipinski definition) is 0. The fraction of sp³-hybridized carbons (Fsp3) is 0.500. The van der Waals surface area contributed by atoms with Crippen LogP contribution in [0.3, 0.4) is 0 Å². The van der Waals surface area contributed by atoms with E-state index >= 15 is 0 Å². The quantitative estimate of drug-likeness (QED) is 0.799. The summed E-state index contributed by atoms with van der Waals surface area (Å²) >= 11 is 3.49. The molecule has 1 aromatic heterocycles. The minimum atomic E-state index is 0.467. The van der Waals surface area contributed by atoms with Crippen LogP contribution in [0.5, 0.6) is 0 Å². The van der Waals surface area contributed by atoms with E-state index in [1.807, 2.05) is 12.1 Å². The Morgan fingerprint density at radius 3 is 2.81 bits per heavy atom. The molecule has 2 aromatic rings. The average Bonchev–Trinajstić information content (AvgIpc) is 2.56. The Morgan fingerprint density at radius 2 is 2.12 bits per heavy atom. The summed E-state index contributed by atoms with van der Waals surface area (Å²) in [5, 5.41) is 8.47. The van der Waals surface area contributed by atoms with Crippen LogP contribution < -0.4 is 0 Å². The highest BCUT2D eigenvalue weighted by molar-refractivity contribution is 9.10. The van der Waals surface area contributed by atoms with Crippen molar-refractivity contribution < 1.29 is 0 Å². The predicted octanol–water partition coefficient (Wildman–Crippen LogP) is 3.55. The standard InChI is InChI=1S/C12H14BrN3/c1-12(2)6-9(7-12)16-11-5-8(13)3-4-10(11)14-15-16/h3-5,9H,6-7H2,1-2H3. The Labute approximate surface area is 103 Å². The van der Waals surface area contributed by atoms with Crippen molar-refractivity contribution in [2.45, 2.75) is 32.7 Å². The van der Waals surface area contributed by atoms with Gasteiger partial charge in [0.25, 0.3) is 0 Å². The zero-order valence-electron chi connectivity index (χ0n) is 9.44. The summed E-state index contributed by atoms with van der Waals surface area (Å²) in [5.74, 6) is 0. The molecule has 84 valence electrons. The van der Waals surface area contributed by atoms with Crippen molar-refractivity contribution in [3.63, 3.8) is 0 Å². The van der Waals surface area contributed by atoms with E-state index in [4.69, 9.17) is 0 Å². The van der Waals surface area contributed by atoms with E-state index in [-0.39, 0.29) is 0 Å². The van der Waals surface area contributed by atoms with Crippen molar-refractivity contribution in [2.75, 3.05) is 0 Å². The third kappa shape index (κ3) is 1.56. The summed E-state index contributed by atoms with van der Waals surface area (Å²) in [4.78, 5) is 0. The van der Waals surface area contributed by atoms with E-state index in [1.54, 1.807) is 0 Å². The van der Waals surface area contributed by atoms with Crippen molar-refractivity contribution in [3.8, 4) is 0 Å². The van der Waals surface area contributed by atoms with Crippen LogP contribution in [0.25, 0.3) is 11.0 Å². The number of halogens is 1. The first kappa shape index (κ1) is 10.3. The Kier molecular flexibility index (Phi) is 2.11. The van der Waals surface area contributed by atoms with Crippen molar-refractivity contribution in [1.29, 1.82) is 0 Å². The highest BCUT2D eigenvalue weighted by atomic mass is 79.9. The molecule has 0 radical (unpaired) electrons. The molecule has 0 saturated heterocycles. The average molecular weight is 280 g/mol. The Morgan fingerprint density at radius 1 is 1.38 bits per heavy atom. The zero-order chi connectivity index (χ0) is 11.3. The van der Waals surface area contributed by atoms with E-state index in [9.17, 15) is 0 Å². The lowest BCUT2D eigenvalue weighted by molar-refractivity contribution is 0.0966. The first-order chi connectivity index (χ1) is 7.55. The second kappa shape index (κ2) is 3.29. The van der Waals surface area contributed by atoms with Gasteiger partial charge in [-0.3, -0.25) is 0 Å². The van der Waals surface area contributed by atoms with Crippen LogP contribution in [0.1, 0.15) is 32.7 Å². The molecule has 1 heterocycles. The third-order valence-electron chi connectivity index (χ3n) is 3.36. The predicted molar refractivity (Wildman–Crippen MR) is 67.3 cm³/mol. The molecule has 3 nitrogen and oxygen atoms in total. The SMILES string of the molecule is CC1(C)CC(n2nnc3ccc(Br)cc32)C1. The molecule has 1 aliphatic rings. The van der Waals surface area contributed by atoms with Gasteiger partial charge in [-0.15, -0.1) is 5.10 Å². The van der Waals surface area contributed by atoms with Gasteiger partial charge in [-0.2, -0.15) is 0 Å². The van der Waals surface area contributed by atoms with E-state index < -0.39 is 0 Å². The van der Waals surface area contributed by atoms with Gasteiger partial charge in [-0.1, -0.05) is 35.0 Å². The molecule has 0 amide bonds. The molecule has 0 unspecified atom stereocenters. The van der Waals surface area contributed by atoms with Gasteiger partial charge in [0.15, 0.2) is 0 Å². The molecule has 0 bridgehead atoms. The van der Waals surface area contributed by atoms with Gasteiger partial charge < -0.3 is 0 Å². The lowest BCUT2D eigenvalue weighted by Gasteiger charge is -2.42. The fourth-order valence-corrected chi connectivity index (χ4v) is 2.92. The summed E-state index contributed by atoms with van der Waals surface area (Å²) in [6.07, 6.45) is 2.38. The Bertz CT molecular complexity index is 536. The zero-order valence-corrected chi connectivity index (χ0v) is 11.0. The lowest BCUT2D eigenvalue weighted by Crippen LogP contribution is -2.34. The van der Waals surface area contributed by atoms with Gasteiger partial charge in [0.1, 0.15) is 5.52 Å². The summed E-state index contributed by atoms with van der Waals surface area (Å²) < 4.78 is 3.16. The lowest BCUT2D eigenvalue weighted by atomic mass is 9.68. The molecule has 1 fully saturated rings. The van der Waals surface area contributed by atoms with Crippen LogP contribution in [-0.2, 0) is 0 Å². The maximum absolute atomic E-state index is 4.27. The molecule has 0 spiro atoms. The van der Waals surface area contributed by atoms with Crippen LogP contribution in [0.15, 0.2) is 22.7 Å². The van der Waals surface area contributed by atoms with Crippen LogP contribution >= 0.6 is 15.9 Å². The molecule has 16 heavy (non-hydrogen) atoms. The summed E-state index contributed by atoms with van der Waals surface area (Å²) in [5.41, 5.74) is 2.58. The highest BCUT2D eigenvalue weighted by Crippen LogP contribution is 2.48. The van der Waals surface area contributed by atoms with Crippen molar-refractivity contribution in [1.82, 2.24) is 15.0 Å². The second-order valence-corrected chi connectivity index (χ2v) is 6.31. The molecule has 0 atom stereocenters. The molecule has 3 rings (SSSR count). The van der Waals surface area contributed by atoms with Gasteiger partial charge >= 0.3 is 0 Å². The maximum atomic E-state index is 4.27. The van der Waals surface area contributed by atoms with Crippen molar-refractivity contribution in [2.24, 2.45) is 5.41 Å². The van der Waals surface area contributed by atoms with Crippen LogP contribution in [0.4, 0.5) is 0 Å². The molecule has 1 aromatic carbocycles. The highest BCUT2D eigenvalue weighted by Gasteiger charge is 2.38. The van der Waals surface area contributed by atoms with Crippen molar-refractivity contribution in [3.05, 3.63) is 22.7 Å². The second-order valence-electron chi connectivity index (χ2n) is 5.39. The van der Waals surface area contributed by atoms with Crippen LogP contribution in [0, 0.1) is 5.41 Å². The first-order valence-electron chi connectivity index (χ1n) is 5.56.